The van der Waals surface area contributed by atoms with Crippen LogP contribution < -0.4 is 5.32 Å². The van der Waals surface area contributed by atoms with Crippen molar-refractivity contribution in [2.45, 2.75) is 0 Å². The number of furan rings is 1. The van der Waals surface area contributed by atoms with Crippen molar-refractivity contribution >= 4 is 34.9 Å². The molecule has 1 aromatic carbocycles. The summed E-state index contributed by atoms with van der Waals surface area (Å²) in [6.45, 7) is -0.622. The van der Waals surface area contributed by atoms with Crippen LogP contribution >= 0.6 is 11.6 Å². The molecule has 9 heteroatoms. The Balaban J connectivity index is 1.99. The average Bonchev–Trinajstić information content (AvgIpc) is 2.98. The highest BCUT2D eigenvalue weighted by atomic mass is 35.5. The molecule has 1 heterocycles. The van der Waals surface area contributed by atoms with Crippen LogP contribution in [0.5, 0.6) is 0 Å². The quantitative estimate of drug-likeness (QED) is 0.514. The van der Waals surface area contributed by atoms with E-state index in [0.717, 1.165) is 6.07 Å². The van der Waals surface area contributed by atoms with Gasteiger partial charge >= 0.3 is 5.97 Å². The summed E-state index contributed by atoms with van der Waals surface area (Å²) in [6, 6.07) is 6.58. The van der Waals surface area contributed by atoms with E-state index in [-0.39, 0.29) is 22.2 Å². The molecule has 0 fully saturated rings. The lowest BCUT2D eigenvalue weighted by atomic mass is 10.2. The van der Waals surface area contributed by atoms with Crippen molar-refractivity contribution in [3.05, 3.63) is 57.5 Å². The number of ether oxygens (including phenoxy) is 1. The molecule has 0 unspecified atom stereocenters. The van der Waals surface area contributed by atoms with Crippen LogP contribution in [0, 0.1) is 10.1 Å². The fourth-order valence-electron chi connectivity index (χ4n) is 1.55. The predicted molar refractivity (Wildman–Crippen MR) is 75.7 cm³/mol. The summed E-state index contributed by atoms with van der Waals surface area (Å²) in [7, 11) is 0. The van der Waals surface area contributed by atoms with E-state index in [1.807, 2.05) is 0 Å². The van der Waals surface area contributed by atoms with E-state index in [9.17, 15) is 19.7 Å². The van der Waals surface area contributed by atoms with Crippen molar-refractivity contribution in [2.75, 3.05) is 11.9 Å². The van der Waals surface area contributed by atoms with Gasteiger partial charge in [-0.1, -0.05) is 11.6 Å². The van der Waals surface area contributed by atoms with Crippen molar-refractivity contribution in [3.63, 3.8) is 0 Å². The summed E-state index contributed by atoms with van der Waals surface area (Å²) in [5.74, 6) is -1.62. The number of carbonyl (C=O) groups is 2. The third-order valence-electron chi connectivity index (χ3n) is 2.49. The van der Waals surface area contributed by atoms with Gasteiger partial charge in [-0.05, 0) is 24.3 Å². The second kappa shape index (κ2) is 6.72. The van der Waals surface area contributed by atoms with Crippen LogP contribution in [0.3, 0.4) is 0 Å². The first kappa shape index (κ1) is 15.5. The average molecular weight is 325 g/mol. The first-order valence-electron chi connectivity index (χ1n) is 5.92. The van der Waals surface area contributed by atoms with Crippen molar-refractivity contribution in [1.29, 1.82) is 0 Å². The Morgan fingerprint density at radius 2 is 2.14 bits per heavy atom. The summed E-state index contributed by atoms with van der Waals surface area (Å²) in [5.41, 5.74) is -0.411. The molecule has 0 saturated carbocycles. The third-order valence-corrected chi connectivity index (χ3v) is 2.72. The number of rotatable bonds is 5. The van der Waals surface area contributed by atoms with Gasteiger partial charge in [-0.15, -0.1) is 0 Å². The summed E-state index contributed by atoms with van der Waals surface area (Å²) < 4.78 is 9.50. The number of carbonyl (C=O) groups excluding carboxylic acids is 2. The van der Waals surface area contributed by atoms with Crippen molar-refractivity contribution in [2.24, 2.45) is 0 Å². The number of amides is 1. The molecule has 1 amide bonds. The maximum atomic E-state index is 11.7. The molecule has 0 radical (unpaired) electrons. The Morgan fingerprint density at radius 3 is 2.77 bits per heavy atom. The smallest absolute Gasteiger partial charge is 0.374 e. The molecule has 22 heavy (non-hydrogen) atoms. The molecule has 0 aliphatic heterocycles. The van der Waals surface area contributed by atoms with Crippen LogP contribution in [0.4, 0.5) is 11.4 Å². The number of esters is 1. The van der Waals surface area contributed by atoms with E-state index >= 15 is 0 Å². The van der Waals surface area contributed by atoms with Crippen LogP contribution in [0.25, 0.3) is 0 Å². The second-order valence-corrected chi connectivity index (χ2v) is 4.46. The molecule has 0 aliphatic carbocycles. The maximum Gasteiger partial charge on any atom is 0.374 e. The maximum absolute atomic E-state index is 11.7. The van der Waals surface area contributed by atoms with Gasteiger partial charge in [0.1, 0.15) is 5.69 Å². The highest BCUT2D eigenvalue weighted by molar-refractivity contribution is 6.31. The van der Waals surface area contributed by atoms with Crippen LogP contribution in [0.1, 0.15) is 10.6 Å². The summed E-state index contributed by atoms with van der Waals surface area (Å²) >= 11 is 5.73. The molecular formula is C13H9ClN2O6. The minimum Gasteiger partial charge on any atom is -0.457 e. The summed E-state index contributed by atoms with van der Waals surface area (Å²) in [5, 5.41) is 13.3. The molecule has 1 N–H and O–H groups in total. The van der Waals surface area contributed by atoms with Crippen molar-refractivity contribution in [1.82, 2.24) is 0 Å². The zero-order valence-corrected chi connectivity index (χ0v) is 11.7. The first-order valence-corrected chi connectivity index (χ1v) is 6.29. The molecule has 2 aromatic rings. The van der Waals surface area contributed by atoms with E-state index in [1.165, 1.54) is 30.5 Å². The molecule has 0 bridgehead atoms. The van der Waals surface area contributed by atoms with Crippen LogP contribution in [0.15, 0.2) is 41.0 Å². The normalized spacial score (nSPS) is 10.0. The SMILES string of the molecule is O=C(COC(=O)c1ccco1)Nc1cc(Cl)ccc1[N+](=O)[O-]. The van der Waals surface area contributed by atoms with E-state index in [1.54, 1.807) is 0 Å². The van der Waals surface area contributed by atoms with E-state index < -0.39 is 23.4 Å². The lowest BCUT2D eigenvalue weighted by Crippen LogP contribution is -2.21. The van der Waals surface area contributed by atoms with Gasteiger partial charge in [0, 0.05) is 11.1 Å². The summed E-state index contributed by atoms with van der Waals surface area (Å²) in [4.78, 5) is 33.3. The van der Waals surface area contributed by atoms with E-state index in [0.29, 0.717) is 0 Å². The minimum absolute atomic E-state index is 0.0541. The Kier molecular flexibility index (Phi) is 4.74. The number of hydrogen-bond acceptors (Lipinski definition) is 6. The first-order chi connectivity index (χ1) is 10.5. The van der Waals surface area contributed by atoms with E-state index in [2.05, 4.69) is 5.32 Å². The fourth-order valence-corrected chi connectivity index (χ4v) is 1.72. The Morgan fingerprint density at radius 1 is 1.36 bits per heavy atom. The Labute approximate surface area is 128 Å². The Hall–Kier alpha value is -2.87. The van der Waals surface area contributed by atoms with Crippen LogP contribution in [-0.2, 0) is 9.53 Å². The van der Waals surface area contributed by atoms with Gasteiger partial charge in [-0.25, -0.2) is 4.79 Å². The van der Waals surface area contributed by atoms with Gasteiger partial charge < -0.3 is 14.5 Å². The zero-order chi connectivity index (χ0) is 16.1. The lowest BCUT2D eigenvalue weighted by Gasteiger charge is -2.06. The minimum atomic E-state index is -0.819. The number of nitro groups is 1. The molecule has 0 atom stereocenters. The number of nitrogens with one attached hydrogen (secondary N) is 1. The van der Waals surface area contributed by atoms with Gasteiger partial charge in [0.15, 0.2) is 6.61 Å². The molecule has 8 nitrogen and oxygen atoms in total. The zero-order valence-electron chi connectivity index (χ0n) is 10.9. The highest BCUT2D eigenvalue weighted by Crippen LogP contribution is 2.27. The fraction of sp³-hybridized carbons (Fsp3) is 0.0769. The van der Waals surface area contributed by atoms with Crippen molar-refractivity contribution in [3.8, 4) is 0 Å². The number of benzene rings is 1. The van der Waals surface area contributed by atoms with Gasteiger partial charge in [0.05, 0.1) is 11.2 Å². The molecular weight excluding hydrogens is 316 g/mol. The van der Waals surface area contributed by atoms with Crippen LogP contribution in [-0.4, -0.2) is 23.4 Å². The number of anilines is 1. The number of nitrogens with zero attached hydrogens (tertiary/aromatic N) is 1. The second-order valence-electron chi connectivity index (χ2n) is 4.02. The van der Waals surface area contributed by atoms with Gasteiger partial charge in [0.25, 0.3) is 11.6 Å². The topological polar surface area (TPSA) is 112 Å². The van der Waals surface area contributed by atoms with Crippen molar-refractivity contribution < 1.29 is 23.7 Å². The standard InChI is InChI=1S/C13H9ClN2O6/c14-8-3-4-10(16(19)20)9(6-8)15-12(17)7-22-13(18)11-2-1-5-21-11/h1-6H,7H2,(H,15,17). The molecule has 0 aliphatic rings. The molecule has 114 valence electrons. The largest absolute Gasteiger partial charge is 0.457 e. The van der Waals surface area contributed by atoms with Gasteiger partial charge in [-0.2, -0.15) is 0 Å². The highest BCUT2D eigenvalue weighted by Gasteiger charge is 2.18. The molecule has 1 aromatic heterocycles. The Bertz CT molecular complexity index is 713. The monoisotopic (exact) mass is 324 g/mol. The lowest BCUT2D eigenvalue weighted by molar-refractivity contribution is -0.383. The van der Waals surface area contributed by atoms with Gasteiger partial charge in [-0.3, -0.25) is 14.9 Å². The van der Waals surface area contributed by atoms with E-state index in [4.69, 9.17) is 20.8 Å². The van der Waals surface area contributed by atoms with Crippen LogP contribution in [0.2, 0.25) is 5.02 Å². The number of hydrogen-bond donors (Lipinski definition) is 1. The molecule has 0 spiro atoms. The molecule has 0 saturated heterocycles. The number of halogens is 1. The predicted octanol–water partition coefficient (Wildman–Crippen LogP) is 2.64. The summed E-state index contributed by atoms with van der Waals surface area (Å²) in [6.07, 6.45) is 1.28. The van der Waals surface area contributed by atoms with Gasteiger partial charge in [0.2, 0.25) is 5.76 Å². The third kappa shape index (κ3) is 3.83. The number of nitro benzene ring substituents is 1. The molecule has 2 rings (SSSR count).